The predicted molar refractivity (Wildman–Crippen MR) is 49.9 cm³/mol. The third kappa shape index (κ3) is 2.21. The summed E-state index contributed by atoms with van der Waals surface area (Å²) in [5.74, 6) is -0.801. The Balaban J connectivity index is 2.76. The lowest BCUT2D eigenvalue weighted by molar-refractivity contribution is -0.138. The standard InChI is InChI=1S/C8H13N3O3/c1-3-5(7(13)14)9-8-10-6(12)4-11(8)2/h5H,3-4H2,1-2H3,(H,13,14)(H,9,10,12). The Labute approximate surface area is 81.6 Å². The van der Waals surface area contributed by atoms with Crippen molar-refractivity contribution < 1.29 is 14.7 Å². The van der Waals surface area contributed by atoms with Gasteiger partial charge in [-0.15, -0.1) is 0 Å². The van der Waals surface area contributed by atoms with E-state index in [-0.39, 0.29) is 12.5 Å². The highest BCUT2D eigenvalue weighted by atomic mass is 16.4. The Morgan fingerprint density at radius 2 is 2.43 bits per heavy atom. The largest absolute Gasteiger partial charge is 0.480 e. The zero-order valence-electron chi connectivity index (χ0n) is 8.15. The minimum atomic E-state index is -0.977. The van der Waals surface area contributed by atoms with Gasteiger partial charge in [-0.3, -0.25) is 10.1 Å². The number of carbonyl (C=O) groups is 2. The van der Waals surface area contributed by atoms with Crippen LogP contribution in [-0.4, -0.2) is 47.5 Å². The topological polar surface area (TPSA) is 82.0 Å². The summed E-state index contributed by atoms with van der Waals surface area (Å²) in [4.78, 5) is 27.1. The third-order valence-electron chi connectivity index (χ3n) is 1.94. The number of hydrogen-bond donors (Lipinski definition) is 2. The molecule has 0 bridgehead atoms. The van der Waals surface area contributed by atoms with Crippen LogP contribution in [0.1, 0.15) is 13.3 Å². The highest BCUT2D eigenvalue weighted by Crippen LogP contribution is 2.02. The number of carbonyl (C=O) groups excluding carboxylic acids is 1. The van der Waals surface area contributed by atoms with Crippen molar-refractivity contribution in [3.05, 3.63) is 0 Å². The number of likely N-dealkylation sites (N-methyl/N-ethyl adjacent to an activating group) is 1. The SMILES string of the molecule is CCC(N=C1NC(=O)CN1C)C(=O)O. The molecule has 1 rings (SSSR count). The number of aliphatic imine (C=N–C) groups is 1. The second-order valence-corrected chi connectivity index (χ2v) is 3.12. The van der Waals surface area contributed by atoms with Crippen LogP contribution < -0.4 is 5.32 Å². The van der Waals surface area contributed by atoms with Crippen LogP contribution in [0.15, 0.2) is 4.99 Å². The molecular weight excluding hydrogens is 186 g/mol. The predicted octanol–water partition coefficient (Wildman–Crippen LogP) is -0.733. The molecule has 0 aliphatic carbocycles. The minimum Gasteiger partial charge on any atom is -0.480 e. The van der Waals surface area contributed by atoms with Crippen LogP contribution in [0.3, 0.4) is 0 Å². The fourth-order valence-corrected chi connectivity index (χ4v) is 1.15. The van der Waals surface area contributed by atoms with Crippen LogP contribution in [0.2, 0.25) is 0 Å². The van der Waals surface area contributed by atoms with Crippen molar-refractivity contribution in [2.45, 2.75) is 19.4 Å². The van der Waals surface area contributed by atoms with Crippen molar-refractivity contribution in [2.24, 2.45) is 4.99 Å². The number of nitrogens with one attached hydrogen (secondary N) is 1. The molecule has 1 heterocycles. The summed E-state index contributed by atoms with van der Waals surface area (Å²) in [5.41, 5.74) is 0. The molecule has 1 amide bonds. The van der Waals surface area contributed by atoms with Gasteiger partial charge < -0.3 is 10.0 Å². The van der Waals surface area contributed by atoms with E-state index in [1.807, 2.05) is 0 Å². The average Bonchev–Trinajstić information content (AvgIpc) is 2.40. The van der Waals surface area contributed by atoms with Crippen LogP contribution in [0.25, 0.3) is 0 Å². The lowest BCUT2D eigenvalue weighted by Gasteiger charge is -2.11. The van der Waals surface area contributed by atoms with Crippen molar-refractivity contribution in [2.75, 3.05) is 13.6 Å². The van der Waals surface area contributed by atoms with Gasteiger partial charge in [0.2, 0.25) is 11.9 Å². The summed E-state index contributed by atoms with van der Waals surface area (Å²) in [6.07, 6.45) is 0.405. The molecule has 6 heteroatoms. The van der Waals surface area contributed by atoms with Crippen LogP contribution in [-0.2, 0) is 9.59 Å². The highest BCUT2D eigenvalue weighted by molar-refractivity contribution is 6.04. The lowest BCUT2D eigenvalue weighted by Crippen LogP contribution is -2.31. The number of rotatable bonds is 3. The van der Waals surface area contributed by atoms with Gasteiger partial charge in [0, 0.05) is 7.05 Å². The van der Waals surface area contributed by atoms with E-state index < -0.39 is 12.0 Å². The Morgan fingerprint density at radius 1 is 1.79 bits per heavy atom. The zero-order valence-corrected chi connectivity index (χ0v) is 8.15. The first kappa shape index (κ1) is 10.5. The van der Waals surface area contributed by atoms with E-state index in [4.69, 9.17) is 5.11 Å². The second kappa shape index (κ2) is 4.08. The molecule has 1 aliphatic rings. The Morgan fingerprint density at radius 3 is 2.79 bits per heavy atom. The van der Waals surface area contributed by atoms with Gasteiger partial charge >= 0.3 is 5.97 Å². The van der Waals surface area contributed by atoms with Crippen LogP contribution in [0, 0.1) is 0 Å². The fourth-order valence-electron chi connectivity index (χ4n) is 1.15. The van der Waals surface area contributed by atoms with E-state index in [1.54, 1.807) is 18.9 Å². The van der Waals surface area contributed by atoms with Gasteiger partial charge in [-0.05, 0) is 6.42 Å². The molecule has 0 spiro atoms. The number of carboxylic acids is 1. The Bertz CT molecular complexity index is 288. The molecule has 0 aromatic rings. The summed E-state index contributed by atoms with van der Waals surface area (Å²) in [6, 6.07) is -0.786. The van der Waals surface area contributed by atoms with E-state index in [1.165, 1.54) is 0 Å². The van der Waals surface area contributed by atoms with Crippen molar-refractivity contribution >= 4 is 17.8 Å². The van der Waals surface area contributed by atoms with Gasteiger partial charge in [0.25, 0.3) is 0 Å². The molecule has 1 fully saturated rings. The highest BCUT2D eigenvalue weighted by Gasteiger charge is 2.24. The van der Waals surface area contributed by atoms with E-state index >= 15 is 0 Å². The smallest absolute Gasteiger partial charge is 0.328 e. The number of guanidine groups is 1. The summed E-state index contributed by atoms with van der Waals surface area (Å²) in [7, 11) is 1.69. The van der Waals surface area contributed by atoms with E-state index in [0.717, 1.165) is 0 Å². The quantitative estimate of drug-likeness (QED) is 0.627. The maximum absolute atomic E-state index is 10.9. The van der Waals surface area contributed by atoms with E-state index in [2.05, 4.69) is 10.3 Å². The molecule has 14 heavy (non-hydrogen) atoms. The first-order valence-electron chi connectivity index (χ1n) is 4.36. The van der Waals surface area contributed by atoms with Crippen LogP contribution in [0.4, 0.5) is 0 Å². The van der Waals surface area contributed by atoms with Gasteiger partial charge in [0.1, 0.15) is 0 Å². The first-order chi connectivity index (χ1) is 6.54. The van der Waals surface area contributed by atoms with Crippen molar-refractivity contribution in [1.82, 2.24) is 10.2 Å². The summed E-state index contributed by atoms with van der Waals surface area (Å²) in [6.45, 7) is 1.97. The summed E-state index contributed by atoms with van der Waals surface area (Å²) >= 11 is 0. The zero-order chi connectivity index (χ0) is 10.7. The normalized spacial score (nSPS) is 21.1. The van der Waals surface area contributed by atoms with Gasteiger partial charge in [-0.1, -0.05) is 6.92 Å². The molecule has 1 saturated heterocycles. The molecule has 0 aromatic heterocycles. The number of aliphatic carboxylic acids is 1. The average molecular weight is 199 g/mol. The molecule has 1 aliphatic heterocycles. The lowest BCUT2D eigenvalue weighted by atomic mass is 10.2. The number of hydrogen-bond acceptors (Lipinski definition) is 3. The summed E-state index contributed by atoms with van der Waals surface area (Å²) < 4.78 is 0. The molecule has 0 saturated carbocycles. The van der Waals surface area contributed by atoms with Gasteiger partial charge in [0.15, 0.2) is 6.04 Å². The van der Waals surface area contributed by atoms with E-state index in [9.17, 15) is 9.59 Å². The summed E-state index contributed by atoms with van der Waals surface area (Å²) in [5, 5.41) is 11.2. The van der Waals surface area contributed by atoms with E-state index in [0.29, 0.717) is 12.4 Å². The molecule has 6 nitrogen and oxygen atoms in total. The molecule has 1 unspecified atom stereocenters. The molecule has 1 atom stereocenters. The molecule has 0 aromatic carbocycles. The maximum Gasteiger partial charge on any atom is 0.328 e. The van der Waals surface area contributed by atoms with Crippen molar-refractivity contribution in [3.63, 3.8) is 0 Å². The molecular formula is C8H13N3O3. The number of amides is 1. The molecule has 2 N–H and O–H groups in total. The number of carboxylic acid groups (broad SMARTS) is 1. The maximum atomic E-state index is 10.9. The third-order valence-corrected chi connectivity index (χ3v) is 1.94. The van der Waals surface area contributed by atoms with Crippen LogP contribution in [0.5, 0.6) is 0 Å². The van der Waals surface area contributed by atoms with Gasteiger partial charge in [-0.2, -0.15) is 0 Å². The fraction of sp³-hybridized carbons (Fsp3) is 0.625. The van der Waals surface area contributed by atoms with Gasteiger partial charge in [0.05, 0.1) is 6.54 Å². The molecule has 0 radical (unpaired) electrons. The minimum absolute atomic E-state index is 0.161. The first-order valence-corrected chi connectivity index (χ1v) is 4.36. The molecule has 78 valence electrons. The Hall–Kier alpha value is -1.59. The Kier molecular flexibility index (Phi) is 3.06. The number of nitrogens with zero attached hydrogens (tertiary/aromatic N) is 2. The second-order valence-electron chi connectivity index (χ2n) is 3.12. The van der Waals surface area contributed by atoms with Gasteiger partial charge in [-0.25, -0.2) is 9.79 Å². The monoisotopic (exact) mass is 199 g/mol. The van der Waals surface area contributed by atoms with Crippen molar-refractivity contribution in [3.8, 4) is 0 Å². The van der Waals surface area contributed by atoms with Crippen LogP contribution >= 0.6 is 0 Å². The van der Waals surface area contributed by atoms with Crippen molar-refractivity contribution in [1.29, 1.82) is 0 Å².